The van der Waals surface area contributed by atoms with Gasteiger partial charge >= 0.3 is 0 Å². The van der Waals surface area contributed by atoms with Gasteiger partial charge in [0.2, 0.25) is 0 Å². The number of nitrogens with one attached hydrogen (secondary N) is 2. The summed E-state index contributed by atoms with van der Waals surface area (Å²) in [4.78, 5) is 12.0. The summed E-state index contributed by atoms with van der Waals surface area (Å²) in [7, 11) is 1.58. The zero-order chi connectivity index (χ0) is 14.4. The second-order valence-corrected chi connectivity index (χ2v) is 5.28. The van der Waals surface area contributed by atoms with Gasteiger partial charge in [0.1, 0.15) is 5.02 Å². The largest absolute Gasteiger partial charge is 0.383 e. The number of hydrogen-bond donors (Lipinski definition) is 2. The highest BCUT2D eigenvalue weighted by atomic mass is 35.5. The van der Waals surface area contributed by atoms with Gasteiger partial charge in [-0.2, -0.15) is 5.10 Å². The van der Waals surface area contributed by atoms with E-state index >= 15 is 0 Å². The average molecular weight is 301 g/mol. The summed E-state index contributed by atoms with van der Waals surface area (Å²) in [5, 5.41) is 10.9. The zero-order valence-corrected chi connectivity index (χ0v) is 12.4. The van der Waals surface area contributed by atoms with Crippen LogP contribution in [0.2, 0.25) is 5.02 Å². The maximum absolute atomic E-state index is 12.0. The van der Waals surface area contributed by atoms with Crippen LogP contribution in [0.3, 0.4) is 0 Å². The van der Waals surface area contributed by atoms with E-state index in [1.54, 1.807) is 13.3 Å². The molecule has 1 aliphatic rings. The van der Waals surface area contributed by atoms with E-state index in [0.29, 0.717) is 24.9 Å². The van der Waals surface area contributed by atoms with Gasteiger partial charge in [-0.25, -0.2) is 4.68 Å². The van der Waals surface area contributed by atoms with Crippen molar-refractivity contribution in [3.8, 4) is 0 Å². The fourth-order valence-electron chi connectivity index (χ4n) is 2.31. The molecule has 1 aromatic rings. The zero-order valence-electron chi connectivity index (χ0n) is 11.7. The number of halogens is 1. The smallest absolute Gasteiger partial charge is 0.287 e. The van der Waals surface area contributed by atoms with E-state index in [4.69, 9.17) is 16.3 Å². The van der Waals surface area contributed by atoms with Gasteiger partial charge in [-0.15, -0.1) is 0 Å². The maximum Gasteiger partial charge on any atom is 0.287 e. The van der Waals surface area contributed by atoms with Gasteiger partial charge in [-0.3, -0.25) is 4.79 Å². The lowest BCUT2D eigenvalue weighted by Crippen LogP contribution is -2.27. The fraction of sp³-hybridized carbons (Fsp3) is 0.692. The Bertz CT molecular complexity index is 486. The van der Waals surface area contributed by atoms with Crippen molar-refractivity contribution in [3.63, 3.8) is 0 Å². The molecule has 1 saturated heterocycles. The highest BCUT2D eigenvalue weighted by Crippen LogP contribution is 2.16. The molecule has 112 valence electrons. The standard InChI is InChI=1S/C13H21ClN4O2/c1-20-8-7-18-13(19)12(14)11(9-17-18)16-6-4-10-3-2-5-15-10/h9-10,15-16H,2-8H2,1H3/t10-/m0/s1. The third-order valence-electron chi connectivity index (χ3n) is 3.46. The Labute approximate surface area is 123 Å². The molecule has 2 heterocycles. The van der Waals surface area contributed by atoms with Crippen molar-refractivity contribution in [2.45, 2.75) is 31.8 Å². The molecule has 1 atom stereocenters. The topological polar surface area (TPSA) is 68.2 Å². The molecule has 0 radical (unpaired) electrons. The Kier molecular flexibility index (Phi) is 5.82. The van der Waals surface area contributed by atoms with E-state index in [1.165, 1.54) is 17.5 Å². The molecular formula is C13H21ClN4O2. The van der Waals surface area contributed by atoms with Gasteiger partial charge in [0.05, 0.1) is 25.0 Å². The number of hydrogen-bond acceptors (Lipinski definition) is 5. The van der Waals surface area contributed by atoms with Crippen molar-refractivity contribution in [3.05, 3.63) is 21.6 Å². The minimum atomic E-state index is -0.285. The van der Waals surface area contributed by atoms with Gasteiger partial charge in [0.15, 0.2) is 0 Å². The summed E-state index contributed by atoms with van der Waals surface area (Å²) in [5.74, 6) is 0. The summed E-state index contributed by atoms with van der Waals surface area (Å²) in [5.41, 5.74) is 0.316. The second-order valence-electron chi connectivity index (χ2n) is 4.90. The normalized spacial score (nSPS) is 18.4. The van der Waals surface area contributed by atoms with Crippen LogP contribution in [0, 0.1) is 0 Å². The molecule has 0 unspecified atom stereocenters. The van der Waals surface area contributed by atoms with E-state index < -0.39 is 0 Å². The van der Waals surface area contributed by atoms with Crippen LogP contribution in [-0.4, -0.2) is 42.6 Å². The molecule has 0 saturated carbocycles. The van der Waals surface area contributed by atoms with Crippen LogP contribution in [0.5, 0.6) is 0 Å². The lowest BCUT2D eigenvalue weighted by atomic mass is 10.1. The third kappa shape index (κ3) is 3.94. The molecule has 7 heteroatoms. The van der Waals surface area contributed by atoms with E-state index in [9.17, 15) is 4.79 Å². The number of anilines is 1. The third-order valence-corrected chi connectivity index (χ3v) is 3.83. The number of rotatable bonds is 7. The van der Waals surface area contributed by atoms with Gasteiger partial charge in [0.25, 0.3) is 5.56 Å². The summed E-state index contributed by atoms with van der Waals surface area (Å²) < 4.78 is 6.24. The number of aromatic nitrogens is 2. The van der Waals surface area contributed by atoms with Gasteiger partial charge in [0, 0.05) is 19.7 Å². The predicted molar refractivity (Wildman–Crippen MR) is 79.5 cm³/mol. The molecule has 1 aliphatic heterocycles. The summed E-state index contributed by atoms with van der Waals surface area (Å²) >= 11 is 6.08. The first-order valence-electron chi connectivity index (χ1n) is 6.94. The Morgan fingerprint density at radius 2 is 2.50 bits per heavy atom. The van der Waals surface area contributed by atoms with Crippen LogP contribution in [0.25, 0.3) is 0 Å². The van der Waals surface area contributed by atoms with E-state index in [1.807, 2.05) is 0 Å². The monoisotopic (exact) mass is 300 g/mol. The minimum Gasteiger partial charge on any atom is -0.383 e. The Morgan fingerprint density at radius 3 is 3.20 bits per heavy atom. The van der Waals surface area contributed by atoms with Crippen molar-refractivity contribution in [2.75, 3.05) is 32.1 Å². The van der Waals surface area contributed by atoms with Crippen molar-refractivity contribution in [1.29, 1.82) is 0 Å². The van der Waals surface area contributed by atoms with Crippen LogP contribution in [0.4, 0.5) is 5.69 Å². The van der Waals surface area contributed by atoms with Crippen molar-refractivity contribution >= 4 is 17.3 Å². The van der Waals surface area contributed by atoms with Crippen LogP contribution in [-0.2, 0) is 11.3 Å². The lowest BCUT2D eigenvalue weighted by molar-refractivity contribution is 0.182. The van der Waals surface area contributed by atoms with Crippen LogP contribution in [0.1, 0.15) is 19.3 Å². The molecule has 0 bridgehead atoms. The highest BCUT2D eigenvalue weighted by molar-refractivity contribution is 6.32. The molecule has 0 amide bonds. The predicted octanol–water partition coefficient (Wildman–Crippen LogP) is 1.10. The Balaban J connectivity index is 1.91. The molecule has 0 aliphatic carbocycles. The van der Waals surface area contributed by atoms with Gasteiger partial charge in [-0.05, 0) is 25.8 Å². The lowest BCUT2D eigenvalue weighted by Gasteiger charge is -2.13. The number of ether oxygens (including phenoxy) is 1. The molecule has 2 rings (SSSR count). The molecule has 20 heavy (non-hydrogen) atoms. The SMILES string of the molecule is COCCn1ncc(NCC[C@@H]2CCCN2)c(Cl)c1=O. The first kappa shape index (κ1) is 15.3. The highest BCUT2D eigenvalue weighted by Gasteiger charge is 2.14. The van der Waals surface area contributed by atoms with E-state index in [0.717, 1.165) is 19.5 Å². The van der Waals surface area contributed by atoms with Crippen molar-refractivity contribution in [1.82, 2.24) is 15.1 Å². The van der Waals surface area contributed by atoms with Gasteiger partial charge < -0.3 is 15.4 Å². The second kappa shape index (κ2) is 7.61. The number of methoxy groups -OCH3 is 1. The van der Waals surface area contributed by atoms with Crippen molar-refractivity contribution in [2.24, 2.45) is 0 Å². The number of nitrogens with zero attached hydrogens (tertiary/aromatic N) is 2. The summed E-state index contributed by atoms with van der Waals surface area (Å²) in [6.45, 7) is 2.72. The quantitative estimate of drug-likeness (QED) is 0.789. The first-order valence-corrected chi connectivity index (χ1v) is 7.32. The minimum absolute atomic E-state index is 0.190. The van der Waals surface area contributed by atoms with E-state index in [2.05, 4.69) is 15.7 Å². The molecule has 1 aromatic heterocycles. The van der Waals surface area contributed by atoms with Crippen LogP contribution < -0.4 is 16.2 Å². The average Bonchev–Trinajstić information content (AvgIpc) is 2.96. The molecule has 2 N–H and O–H groups in total. The Morgan fingerprint density at radius 1 is 1.65 bits per heavy atom. The van der Waals surface area contributed by atoms with Crippen molar-refractivity contribution < 1.29 is 4.74 Å². The molecular weight excluding hydrogens is 280 g/mol. The molecule has 0 aromatic carbocycles. The van der Waals surface area contributed by atoms with E-state index in [-0.39, 0.29) is 10.6 Å². The van der Waals surface area contributed by atoms with Crippen LogP contribution in [0.15, 0.2) is 11.0 Å². The maximum atomic E-state index is 12.0. The van der Waals surface area contributed by atoms with Crippen LogP contribution >= 0.6 is 11.6 Å². The fourth-order valence-corrected chi connectivity index (χ4v) is 2.52. The summed E-state index contributed by atoms with van der Waals surface area (Å²) in [6, 6.07) is 0.566. The molecule has 6 nitrogen and oxygen atoms in total. The summed E-state index contributed by atoms with van der Waals surface area (Å²) in [6.07, 6.45) is 5.07. The molecule has 1 fully saturated rings. The first-order chi connectivity index (χ1) is 9.72. The Hall–Kier alpha value is -1.11. The molecule has 0 spiro atoms. The van der Waals surface area contributed by atoms with Gasteiger partial charge in [-0.1, -0.05) is 11.6 Å².